The van der Waals surface area contributed by atoms with Crippen molar-refractivity contribution in [1.82, 2.24) is 0 Å². The summed E-state index contributed by atoms with van der Waals surface area (Å²) in [5.74, 6) is 4.65. The standard InChI is InChI=1S/C4H8N2O2S/c1-3(2-7)6-4(9)8-5/h7H,2,5H2,1H3. The Morgan fingerprint density at radius 3 is 2.78 bits per heavy atom. The first-order chi connectivity index (χ1) is 4.20. The molecule has 4 nitrogen and oxygen atoms in total. The van der Waals surface area contributed by atoms with Gasteiger partial charge >= 0.3 is 5.17 Å². The second kappa shape index (κ2) is 4.37. The molecule has 52 valence electrons. The molecular formula is C4H8N2O2S. The number of aliphatic imine (C=N–C) groups is 1. The molecule has 0 aromatic carbocycles. The van der Waals surface area contributed by atoms with Crippen molar-refractivity contribution in [2.45, 2.75) is 6.92 Å². The first kappa shape index (κ1) is 8.48. The van der Waals surface area contributed by atoms with Crippen LogP contribution >= 0.6 is 12.2 Å². The number of aliphatic hydroxyl groups excluding tert-OH is 1. The number of nitrogens with two attached hydrogens (primary N) is 1. The maximum Gasteiger partial charge on any atom is 0.303 e. The number of rotatable bonds is 1. The molecule has 0 aromatic rings. The predicted octanol–water partition coefficient (Wildman–Crippen LogP) is -0.385. The molecule has 0 bridgehead atoms. The Hall–Kier alpha value is -0.520. The van der Waals surface area contributed by atoms with Crippen LogP contribution in [0.4, 0.5) is 0 Å². The van der Waals surface area contributed by atoms with E-state index in [2.05, 4.69) is 27.9 Å². The van der Waals surface area contributed by atoms with Gasteiger partial charge in [-0.05, 0) is 19.1 Å². The zero-order valence-corrected chi connectivity index (χ0v) is 5.81. The molecule has 0 atom stereocenters. The topological polar surface area (TPSA) is 67.8 Å². The van der Waals surface area contributed by atoms with Crippen molar-refractivity contribution in [3.05, 3.63) is 0 Å². The second-order valence-electron chi connectivity index (χ2n) is 1.39. The number of aliphatic hydroxyl groups is 1. The van der Waals surface area contributed by atoms with Gasteiger partial charge in [0.05, 0.1) is 6.61 Å². The highest BCUT2D eigenvalue weighted by Gasteiger charge is 1.90. The molecule has 0 rings (SSSR count). The zero-order valence-electron chi connectivity index (χ0n) is 5.00. The van der Waals surface area contributed by atoms with Crippen molar-refractivity contribution < 1.29 is 9.94 Å². The van der Waals surface area contributed by atoms with Gasteiger partial charge in [0.2, 0.25) is 0 Å². The monoisotopic (exact) mass is 148 g/mol. The lowest BCUT2D eigenvalue weighted by atomic mass is 10.5. The minimum atomic E-state index is -0.135. The Morgan fingerprint density at radius 2 is 2.44 bits per heavy atom. The summed E-state index contributed by atoms with van der Waals surface area (Å²) >= 11 is 4.45. The van der Waals surface area contributed by atoms with Crippen LogP contribution in [0, 0.1) is 0 Å². The molecule has 0 aliphatic carbocycles. The van der Waals surface area contributed by atoms with E-state index in [-0.39, 0.29) is 11.8 Å². The highest BCUT2D eigenvalue weighted by Crippen LogP contribution is 1.81. The van der Waals surface area contributed by atoms with E-state index in [1.54, 1.807) is 6.92 Å². The van der Waals surface area contributed by atoms with Gasteiger partial charge in [0.25, 0.3) is 0 Å². The molecule has 0 saturated carbocycles. The fourth-order valence-electron chi connectivity index (χ4n) is 0.218. The third kappa shape index (κ3) is 4.01. The molecule has 5 heteroatoms. The van der Waals surface area contributed by atoms with Gasteiger partial charge in [-0.1, -0.05) is 0 Å². The molecule has 0 aliphatic rings. The third-order valence-electron chi connectivity index (χ3n) is 0.612. The summed E-state index contributed by atoms with van der Waals surface area (Å²) in [6.45, 7) is 1.48. The van der Waals surface area contributed by atoms with Crippen LogP contribution in [0.25, 0.3) is 0 Å². The Balaban J connectivity index is 3.79. The third-order valence-corrected chi connectivity index (χ3v) is 0.799. The second-order valence-corrected chi connectivity index (χ2v) is 1.74. The van der Waals surface area contributed by atoms with Crippen molar-refractivity contribution in [2.75, 3.05) is 6.61 Å². The Bertz CT molecular complexity index is 135. The van der Waals surface area contributed by atoms with Crippen LogP contribution in [0.2, 0.25) is 0 Å². The van der Waals surface area contributed by atoms with Crippen molar-refractivity contribution in [1.29, 1.82) is 0 Å². The largest absolute Gasteiger partial charge is 0.390 e. The van der Waals surface area contributed by atoms with Gasteiger partial charge in [0, 0.05) is 5.71 Å². The van der Waals surface area contributed by atoms with Gasteiger partial charge < -0.3 is 9.94 Å². The van der Waals surface area contributed by atoms with E-state index < -0.39 is 0 Å². The van der Waals surface area contributed by atoms with Crippen LogP contribution in [0.5, 0.6) is 0 Å². The van der Waals surface area contributed by atoms with E-state index in [4.69, 9.17) is 5.11 Å². The normalized spacial score (nSPS) is 11.2. The fourth-order valence-corrected chi connectivity index (χ4v) is 0.373. The van der Waals surface area contributed by atoms with E-state index in [9.17, 15) is 0 Å². The molecule has 0 saturated heterocycles. The van der Waals surface area contributed by atoms with Crippen LogP contribution in [0.3, 0.4) is 0 Å². The Kier molecular flexibility index (Phi) is 4.12. The first-order valence-electron chi connectivity index (χ1n) is 2.26. The van der Waals surface area contributed by atoms with E-state index in [1.807, 2.05) is 0 Å². The van der Waals surface area contributed by atoms with Crippen LogP contribution < -0.4 is 5.90 Å². The van der Waals surface area contributed by atoms with Gasteiger partial charge in [-0.25, -0.2) is 4.99 Å². The Morgan fingerprint density at radius 1 is 1.89 bits per heavy atom. The molecular weight excluding hydrogens is 140 g/mol. The van der Waals surface area contributed by atoms with Crippen LogP contribution in [-0.4, -0.2) is 22.6 Å². The zero-order chi connectivity index (χ0) is 7.28. The van der Waals surface area contributed by atoms with E-state index in [1.165, 1.54) is 0 Å². The summed E-state index contributed by atoms with van der Waals surface area (Å²) in [4.78, 5) is 7.62. The molecule has 0 aromatic heterocycles. The molecule has 0 fully saturated rings. The van der Waals surface area contributed by atoms with Crippen LogP contribution in [0.15, 0.2) is 4.99 Å². The number of hydrogen-bond donors (Lipinski definition) is 2. The average Bonchev–Trinajstić information content (AvgIpc) is 1.87. The minimum Gasteiger partial charge on any atom is -0.390 e. The SMILES string of the molecule is CC(CO)=NC(=S)ON. The summed E-state index contributed by atoms with van der Waals surface area (Å²) in [6, 6.07) is 0. The van der Waals surface area contributed by atoms with E-state index >= 15 is 0 Å². The summed E-state index contributed by atoms with van der Waals surface area (Å²) in [6.07, 6.45) is 0. The van der Waals surface area contributed by atoms with Gasteiger partial charge in [-0.3, -0.25) is 0 Å². The van der Waals surface area contributed by atoms with Crippen molar-refractivity contribution in [3.8, 4) is 0 Å². The van der Waals surface area contributed by atoms with Gasteiger partial charge in [-0.2, -0.15) is 5.90 Å². The molecule has 0 unspecified atom stereocenters. The summed E-state index contributed by atoms with van der Waals surface area (Å²) in [5, 5.41) is 8.32. The molecule has 0 aliphatic heterocycles. The van der Waals surface area contributed by atoms with Crippen molar-refractivity contribution >= 4 is 23.1 Å². The highest BCUT2D eigenvalue weighted by atomic mass is 32.1. The van der Waals surface area contributed by atoms with Gasteiger partial charge in [0.15, 0.2) is 0 Å². The molecule has 3 N–H and O–H groups in total. The van der Waals surface area contributed by atoms with Crippen molar-refractivity contribution in [2.24, 2.45) is 10.9 Å². The Labute approximate surface area is 58.3 Å². The first-order valence-corrected chi connectivity index (χ1v) is 2.67. The van der Waals surface area contributed by atoms with E-state index in [0.29, 0.717) is 5.71 Å². The summed E-state index contributed by atoms with van der Waals surface area (Å²) in [5.41, 5.74) is 0.477. The molecule has 0 heterocycles. The fraction of sp³-hybridized carbons (Fsp3) is 0.500. The average molecular weight is 148 g/mol. The predicted molar refractivity (Wildman–Crippen MR) is 38.1 cm³/mol. The molecule has 0 spiro atoms. The van der Waals surface area contributed by atoms with Crippen LogP contribution in [-0.2, 0) is 4.84 Å². The number of nitrogens with zero attached hydrogens (tertiary/aromatic N) is 1. The molecule has 0 amide bonds. The van der Waals surface area contributed by atoms with Gasteiger partial charge in [0.1, 0.15) is 0 Å². The quantitative estimate of drug-likeness (QED) is 0.302. The van der Waals surface area contributed by atoms with Gasteiger partial charge in [-0.15, -0.1) is 0 Å². The van der Waals surface area contributed by atoms with Crippen molar-refractivity contribution in [3.63, 3.8) is 0 Å². The number of thiocarbonyl (C=S) groups is 1. The lowest BCUT2D eigenvalue weighted by molar-refractivity contribution is 0.324. The highest BCUT2D eigenvalue weighted by molar-refractivity contribution is 7.80. The maximum absolute atomic E-state index is 8.39. The summed E-state index contributed by atoms with van der Waals surface area (Å²) in [7, 11) is 0. The summed E-state index contributed by atoms with van der Waals surface area (Å²) < 4.78 is 0. The van der Waals surface area contributed by atoms with Crippen LogP contribution in [0.1, 0.15) is 6.92 Å². The maximum atomic E-state index is 8.39. The minimum absolute atomic E-state index is 0.0680. The lowest BCUT2D eigenvalue weighted by Crippen LogP contribution is -2.08. The van der Waals surface area contributed by atoms with E-state index in [0.717, 1.165) is 0 Å². The smallest absolute Gasteiger partial charge is 0.303 e. The molecule has 9 heavy (non-hydrogen) atoms. The molecule has 0 radical (unpaired) electrons. The number of hydrogen-bond acceptors (Lipinski definition) is 4. The lowest BCUT2D eigenvalue weighted by Gasteiger charge is -1.93.